The Morgan fingerprint density at radius 1 is 1.24 bits per heavy atom. The maximum absolute atomic E-state index is 4.48. The summed E-state index contributed by atoms with van der Waals surface area (Å²) in [4.78, 5) is 13.3. The molecule has 2 aromatic heterocycles. The fourth-order valence-corrected chi connectivity index (χ4v) is 2.08. The maximum Gasteiger partial charge on any atom is 0.181 e. The Morgan fingerprint density at radius 3 is 2.71 bits per heavy atom. The van der Waals surface area contributed by atoms with Crippen molar-refractivity contribution in [2.24, 2.45) is 0 Å². The standard InChI is InChI=1S/C12H16N4S/c1-4-5-13-11-6-8(2)14-12(16-11)10-7-17-9(3)15-10/h6-7H,4-5H2,1-3H3,(H,13,14,16). The summed E-state index contributed by atoms with van der Waals surface area (Å²) in [6.45, 7) is 7.01. The minimum absolute atomic E-state index is 0.702. The monoisotopic (exact) mass is 248 g/mol. The fourth-order valence-electron chi connectivity index (χ4n) is 1.49. The van der Waals surface area contributed by atoms with E-state index < -0.39 is 0 Å². The first-order valence-corrected chi connectivity index (χ1v) is 6.59. The van der Waals surface area contributed by atoms with E-state index >= 15 is 0 Å². The van der Waals surface area contributed by atoms with Gasteiger partial charge in [0.25, 0.3) is 0 Å². The van der Waals surface area contributed by atoms with Crippen LogP contribution in [0.1, 0.15) is 24.0 Å². The molecule has 0 saturated heterocycles. The summed E-state index contributed by atoms with van der Waals surface area (Å²) in [5.41, 5.74) is 1.81. The number of hydrogen-bond donors (Lipinski definition) is 1. The molecule has 0 bridgehead atoms. The number of thiazole rings is 1. The van der Waals surface area contributed by atoms with Gasteiger partial charge in [-0.3, -0.25) is 0 Å². The number of aromatic nitrogens is 3. The van der Waals surface area contributed by atoms with Crippen molar-refractivity contribution in [3.8, 4) is 11.5 Å². The Morgan fingerprint density at radius 2 is 2.06 bits per heavy atom. The molecular formula is C12H16N4S. The van der Waals surface area contributed by atoms with Gasteiger partial charge in [-0.2, -0.15) is 0 Å². The minimum Gasteiger partial charge on any atom is -0.370 e. The van der Waals surface area contributed by atoms with Gasteiger partial charge < -0.3 is 5.32 Å². The van der Waals surface area contributed by atoms with E-state index in [2.05, 4.69) is 27.2 Å². The molecule has 0 saturated carbocycles. The third kappa shape index (κ3) is 3.00. The van der Waals surface area contributed by atoms with E-state index in [0.717, 1.165) is 35.2 Å². The molecule has 17 heavy (non-hydrogen) atoms. The van der Waals surface area contributed by atoms with Crippen LogP contribution in [0.25, 0.3) is 11.5 Å². The van der Waals surface area contributed by atoms with Crippen LogP contribution >= 0.6 is 11.3 Å². The van der Waals surface area contributed by atoms with Gasteiger partial charge in [0.2, 0.25) is 0 Å². The number of anilines is 1. The van der Waals surface area contributed by atoms with Crippen LogP contribution in [0.2, 0.25) is 0 Å². The molecule has 1 N–H and O–H groups in total. The second-order valence-electron chi connectivity index (χ2n) is 3.90. The number of rotatable bonds is 4. The number of hydrogen-bond acceptors (Lipinski definition) is 5. The molecule has 5 heteroatoms. The molecule has 0 atom stereocenters. The summed E-state index contributed by atoms with van der Waals surface area (Å²) in [5.74, 6) is 1.58. The van der Waals surface area contributed by atoms with Crippen LogP contribution in [-0.2, 0) is 0 Å². The molecule has 0 radical (unpaired) electrons. The predicted molar refractivity (Wildman–Crippen MR) is 71.4 cm³/mol. The Hall–Kier alpha value is -1.49. The predicted octanol–water partition coefficient (Wildman–Crippen LogP) is 3.04. The zero-order chi connectivity index (χ0) is 12.3. The lowest BCUT2D eigenvalue weighted by Crippen LogP contribution is -2.04. The number of aryl methyl sites for hydroxylation is 2. The molecule has 0 unspecified atom stereocenters. The topological polar surface area (TPSA) is 50.7 Å². The van der Waals surface area contributed by atoms with Crippen molar-refractivity contribution in [2.75, 3.05) is 11.9 Å². The zero-order valence-electron chi connectivity index (χ0n) is 10.3. The molecule has 0 amide bonds. The summed E-state index contributed by atoms with van der Waals surface area (Å²) < 4.78 is 0. The highest BCUT2D eigenvalue weighted by atomic mass is 32.1. The second-order valence-corrected chi connectivity index (χ2v) is 4.96. The van der Waals surface area contributed by atoms with Gasteiger partial charge in [-0.15, -0.1) is 11.3 Å². The van der Waals surface area contributed by atoms with Crippen LogP contribution in [0.4, 0.5) is 5.82 Å². The molecule has 4 nitrogen and oxygen atoms in total. The average molecular weight is 248 g/mol. The molecule has 2 heterocycles. The third-order valence-corrected chi connectivity index (χ3v) is 3.03. The van der Waals surface area contributed by atoms with E-state index in [9.17, 15) is 0 Å². The quantitative estimate of drug-likeness (QED) is 0.903. The lowest BCUT2D eigenvalue weighted by Gasteiger charge is -2.06. The van der Waals surface area contributed by atoms with E-state index in [1.54, 1.807) is 11.3 Å². The van der Waals surface area contributed by atoms with E-state index in [1.165, 1.54) is 0 Å². The van der Waals surface area contributed by atoms with Crippen molar-refractivity contribution in [3.05, 3.63) is 22.1 Å². The molecular weight excluding hydrogens is 232 g/mol. The van der Waals surface area contributed by atoms with Crippen LogP contribution in [0, 0.1) is 13.8 Å². The number of nitrogens with zero attached hydrogens (tertiary/aromatic N) is 3. The summed E-state index contributed by atoms with van der Waals surface area (Å²) in [5, 5.41) is 6.31. The Kier molecular flexibility index (Phi) is 3.68. The van der Waals surface area contributed by atoms with Gasteiger partial charge in [-0.1, -0.05) is 6.92 Å². The molecule has 0 fully saturated rings. The molecule has 0 aliphatic carbocycles. The van der Waals surface area contributed by atoms with Crippen LogP contribution in [-0.4, -0.2) is 21.5 Å². The van der Waals surface area contributed by atoms with Gasteiger partial charge >= 0.3 is 0 Å². The average Bonchev–Trinajstić information content (AvgIpc) is 2.72. The minimum atomic E-state index is 0.702. The Balaban J connectivity index is 2.31. The zero-order valence-corrected chi connectivity index (χ0v) is 11.1. The molecule has 90 valence electrons. The lowest BCUT2D eigenvalue weighted by molar-refractivity contribution is 0.961. The van der Waals surface area contributed by atoms with E-state index in [0.29, 0.717) is 5.82 Å². The van der Waals surface area contributed by atoms with Crippen LogP contribution < -0.4 is 5.32 Å². The summed E-state index contributed by atoms with van der Waals surface area (Å²) in [7, 11) is 0. The van der Waals surface area contributed by atoms with Gasteiger partial charge in [0, 0.05) is 23.7 Å². The van der Waals surface area contributed by atoms with Crippen LogP contribution in [0.5, 0.6) is 0 Å². The summed E-state index contributed by atoms with van der Waals surface area (Å²) in [6.07, 6.45) is 1.08. The summed E-state index contributed by atoms with van der Waals surface area (Å²) in [6, 6.07) is 1.96. The van der Waals surface area contributed by atoms with Crippen molar-refractivity contribution in [3.63, 3.8) is 0 Å². The van der Waals surface area contributed by atoms with Crippen molar-refractivity contribution in [2.45, 2.75) is 27.2 Å². The van der Waals surface area contributed by atoms with Gasteiger partial charge in [-0.05, 0) is 20.3 Å². The Bertz CT molecular complexity index is 507. The van der Waals surface area contributed by atoms with Crippen LogP contribution in [0.3, 0.4) is 0 Å². The first-order chi connectivity index (χ1) is 8.19. The molecule has 0 aliphatic rings. The highest BCUT2D eigenvalue weighted by Gasteiger charge is 2.07. The number of nitrogens with one attached hydrogen (secondary N) is 1. The largest absolute Gasteiger partial charge is 0.370 e. The highest BCUT2D eigenvalue weighted by molar-refractivity contribution is 7.09. The van der Waals surface area contributed by atoms with Crippen molar-refractivity contribution >= 4 is 17.2 Å². The lowest BCUT2D eigenvalue weighted by atomic mass is 10.3. The van der Waals surface area contributed by atoms with Crippen molar-refractivity contribution in [1.82, 2.24) is 15.0 Å². The van der Waals surface area contributed by atoms with Crippen molar-refractivity contribution < 1.29 is 0 Å². The van der Waals surface area contributed by atoms with E-state index in [1.807, 2.05) is 25.3 Å². The van der Waals surface area contributed by atoms with Crippen LogP contribution in [0.15, 0.2) is 11.4 Å². The third-order valence-electron chi connectivity index (χ3n) is 2.26. The smallest absolute Gasteiger partial charge is 0.181 e. The molecule has 0 spiro atoms. The molecule has 0 aromatic carbocycles. The summed E-state index contributed by atoms with van der Waals surface area (Å²) >= 11 is 1.62. The normalized spacial score (nSPS) is 10.5. The molecule has 0 aliphatic heterocycles. The maximum atomic E-state index is 4.48. The Labute approximate surface area is 105 Å². The van der Waals surface area contributed by atoms with Gasteiger partial charge in [0.05, 0.1) is 5.01 Å². The van der Waals surface area contributed by atoms with Gasteiger partial charge in [0.1, 0.15) is 11.5 Å². The van der Waals surface area contributed by atoms with Gasteiger partial charge in [-0.25, -0.2) is 15.0 Å². The SMILES string of the molecule is CCCNc1cc(C)nc(-c2csc(C)n2)n1. The molecule has 2 rings (SSSR count). The fraction of sp³-hybridized carbons (Fsp3) is 0.417. The van der Waals surface area contributed by atoms with E-state index in [-0.39, 0.29) is 0 Å². The second kappa shape index (κ2) is 5.23. The highest BCUT2D eigenvalue weighted by Crippen LogP contribution is 2.19. The van der Waals surface area contributed by atoms with Gasteiger partial charge in [0.15, 0.2) is 5.82 Å². The first-order valence-electron chi connectivity index (χ1n) is 5.71. The first kappa shape index (κ1) is 12.0. The molecule has 2 aromatic rings. The van der Waals surface area contributed by atoms with E-state index in [4.69, 9.17) is 0 Å². The van der Waals surface area contributed by atoms with Crippen molar-refractivity contribution in [1.29, 1.82) is 0 Å².